The van der Waals surface area contributed by atoms with Gasteiger partial charge in [0.15, 0.2) is 0 Å². The van der Waals surface area contributed by atoms with Gasteiger partial charge in [-0.3, -0.25) is 19.6 Å². The summed E-state index contributed by atoms with van der Waals surface area (Å²) in [5, 5.41) is 22.2. The molecular weight excluding hydrogens is 338 g/mol. The van der Waals surface area contributed by atoms with Crippen molar-refractivity contribution < 1.29 is 24.7 Å². The van der Waals surface area contributed by atoms with E-state index in [-0.39, 0.29) is 43.3 Å². The van der Waals surface area contributed by atoms with Crippen LogP contribution in [0.3, 0.4) is 0 Å². The van der Waals surface area contributed by atoms with Crippen LogP contribution in [0.15, 0.2) is 0 Å². The Balaban J connectivity index is 2.83. The number of amides is 3. The van der Waals surface area contributed by atoms with Crippen molar-refractivity contribution in [1.82, 2.24) is 15.3 Å². The molecule has 1 rings (SSSR count). The molecule has 0 bridgehead atoms. The fourth-order valence-corrected chi connectivity index (χ4v) is 3.30. The molecule has 0 aromatic carbocycles. The highest BCUT2D eigenvalue weighted by molar-refractivity contribution is 5.89. The zero-order valence-electron chi connectivity index (χ0n) is 16.1. The van der Waals surface area contributed by atoms with Crippen molar-refractivity contribution in [3.63, 3.8) is 0 Å². The molecule has 0 aliphatic carbocycles. The normalized spacial score (nSPS) is 19.3. The van der Waals surface area contributed by atoms with Crippen LogP contribution in [0.2, 0.25) is 0 Å². The van der Waals surface area contributed by atoms with E-state index in [1.54, 1.807) is 4.90 Å². The van der Waals surface area contributed by atoms with Crippen LogP contribution in [-0.2, 0) is 14.4 Å². The van der Waals surface area contributed by atoms with E-state index in [0.717, 1.165) is 25.7 Å². The van der Waals surface area contributed by atoms with Gasteiger partial charge in [-0.05, 0) is 25.2 Å². The molecule has 1 heterocycles. The van der Waals surface area contributed by atoms with Gasteiger partial charge in [0.25, 0.3) is 0 Å². The number of aliphatic hydroxyl groups excluding tert-OH is 1. The zero-order valence-corrected chi connectivity index (χ0v) is 16.1. The number of likely N-dealkylation sites (tertiary alicyclic amines) is 1. The Hall–Kier alpha value is -1.67. The van der Waals surface area contributed by atoms with Crippen LogP contribution in [0.25, 0.3) is 0 Å². The average Bonchev–Trinajstić information content (AvgIpc) is 3.10. The monoisotopic (exact) mass is 371 g/mol. The average molecular weight is 371 g/mol. The minimum Gasteiger partial charge on any atom is -0.394 e. The second-order valence-electron chi connectivity index (χ2n) is 7.31. The molecule has 0 saturated carbocycles. The highest BCUT2D eigenvalue weighted by Gasteiger charge is 2.36. The van der Waals surface area contributed by atoms with E-state index in [9.17, 15) is 24.7 Å². The van der Waals surface area contributed by atoms with Gasteiger partial charge >= 0.3 is 0 Å². The van der Waals surface area contributed by atoms with E-state index in [0.29, 0.717) is 18.0 Å². The molecule has 8 nitrogen and oxygen atoms in total. The smallest absolute Gasteiger partial charge is 0.245 e. The lowest BCUT2D eigenvalue weighted by Crippen LogP contribution is -2.54. The number of nitrogens with one attached hydrogen (secondary N) is 1. The molecule has 0 radical (unpaired) electrons. The van der Waals surface area contributed by atoms with Crippen LogP contribution >= 0.6 is 0 Å². The summed E-state index contributed by atoms with van der Waals surface area (Å²) in [7, 11) is 0. The third kappa shape index (κ3) is 6.25. The molecule has 3 N–H and O–H groups in total. The first kappa shape index (κ1) is 22.4. The Morgan fingerprint density at radius 2 is 2.08 bits per heavy atom. The van der Waals surface area contributed by atoms with Gasteiger partial charge in [-0.15, -0.1) is 0 Å². The van der Waals surface area contributed by atoms with Crippen molar-refractivity contribution in [2.75, 3.05) is 19.7 Å². The lowest BCUT2D eigenvalue weighted by molar-refractivity contribution is -0.155. The Morgan fingerprint density at radius 3 is 2.62 bits per heavy atom. The third-order valence-corrected chi connectivity index (χ3v) is 4.91. The van der Waals surface area contributed by atoms with Crippen molar-refractivity contribution in [3.05, 3.63) is 0 Å². The van der Waals surface area contributed by atoms with E-state index in [1.165, 1.54) is 0 Å². The summed E-state index contributed by atoms with van der Waals surface area (Å²) in [6, 6.07) is -0.887. The van der Waals surface area contributed by atoms with E-state index in [2.05, 4.69) is 5.32 Å². The number of nitrogens with zero attached hydrogens (tertiary/aromatic N) is 2. The molecule has 0 spiro atoms. The van der Waals surface area contributed by atoms with Crippen LogP contribution in [0.1, 0.15) is 52.9 Å². The van der Waals surface area contributed by atoms with Crippen LogP contribution < -0.4 is 5.32 Å². The molecule has 1 aliphatic rings. The zero-order chi connectivity index (χ0) is 19.7. The van der Waals surface area contributed by atoms with Gasteiger partial charge < -0.3 is 15.3 Å². The summed E-state index contributed by atoms with van der Waals surface area (Å²) in [4.78, 5) is 37.9. The number of hydrogen-bond donors (Lipinski definition) is 3. The minimum atomic E-state index is -0.692. The molecule has 1 saturated heterocycles. The number of hydroxylamine groups is 2. The van der Waals surface area contributed by atoms with E-state index >= 15 is 0 Å². The van der Waals surface area contributed by atoms with Crippen molar-refractivity contribution in [2.24, 2.45) is 11.8 Å². The number of carbonyl (C=O) groups is 3. The first-order valence-electron chi connectivity index (χ1n) is 9.48. The van der Waals surface area contributed by atoms with Gasteiger partial charge in [0, 0.05) is 6.54 Å². The maximum absolute atomic E-state index is 12.9. The number of carbonyl (C=O) groups excluding carboxylic acids is 3. The molecule has 8 heteroatoms. The number of unbranched alkanes of at least 4 members (excludes halogenated alkanes) is 1. The molecule has 150 valence electrons. The van der Waals surface area contributed by atoms with Crippen molar-refractivity contribution >= 4 is 18.2 Å². The topological polar surface area (TPSA) is 110 Å². The summed E-state index contributed by atoms with van der Waals surface area (Å²) in [6.07, 6.45) is 4.06. The predicted molar refractivity (Wildman–Crippen MR) is 96.2 cm³/mol. The van der Waals surface area contributed by atoms with Gasteiger partial charge in [0.1, 0.15) is 6.04 Å². The molecule has 0 unspecified atom stereocenters. The lowest BCUT2D eigenvalue weighted by Gasteiger charge is -2.31. The van der Waals surface area contributed by atoms with Crippen molar-refractivity contribution in [3.8, 4) is 0 Å². The van der Waals surface area contributed by atoms with Crippen molar-refractivity contribution in [1.29, 1.82) is 0 Å². The first-order chi connectivity index (χ1) is 12.3. The second kappa shape index (κ2) is 11.1. The quantitative estimate of drug-likeness (QED) is 0.282. The summed E-state index contributed by atoms with van der Waals surface area (Å²) in [6.45, 7) is 6.11. The predicted octanol–water partition coefficient (Wildman–Crippen LogP) is 0.765. The maximum atomic E-state index is 12.9. The van der Waals surface area contributed by atoms with Gasteiger partial charge in [0.05, 0.1) is 25.1 Å². The summed E-state index contributed by atoms with van der Waals surface area (Å²) in [5.41, 5.74) is 0. The largest absolute Gasteiger partial charge is 0.394 e. The van der Waals surface area contributed by atoms with Gasteiger partial charge in [-0.2, -0.15) is 0 Å². The SMILES string of the molecule is CCCC[C@H](CN(O)C=O)C(=O)N[C@H](C(=O)N1CCC[C@H]1CO)C(C)C. The number of hydrogen-bond acceptors (Lipinski definition) is 5. The summed E-state index contributed by atoms with van der Waals surface area (Å²) >= 11 is 0. The molecule has 3 amide bonds. The van der Waals surface area contributed by atoms with Gasteiger partial charge in [0.2, 0.25) is 18.2 Å². The fourth-order valence-electron chi connectivity index (χ4n) is 3.30. The Bertz CT molecular complexity index is 472. The Kier molecular flexibility index (Phi) is 9.58. The second-order valence-corrected chi connectivity index (χ2v) is 7.31. The fraction of sp³-hybridized carbons (Fsp3) is 0.833. The molecule has 1 aliphatic heterocycles. The molecule has 0 aromatic rings. The molecular formula is C18H33N3O5. The molecule has 1 fully saturated rings. The number of aliphatic hydroxyl groups is 1. The van der Waals surface area contributed by atoms with Crippen LogP contribution in [-0.4, -0.2) is 70.3 Å². The van der Waals surface area contributed by atoms with Crippen LogP contribution in [0.4, 0.5) is 0 Å². The molecule has 26 heavy (non-hydrogen) atoms. The van der Waals surface area contributed by atoms with Gasteiger partial charge in [-0.1, -0.05) is 33.6 Å². The van der Waals surface area contributed by atoms with Crippen LogP contribution in [0.5, 0.6) is 0 Å². The molecule has 0 aromatic heterocycles. The third-order valence-electron chi connectivity index (χ3n) is 4.91. The summed E-state index contributed by atoms with van der Waals surface area (Å²) in [5.74, 6) is -1.22. The van der Waals surface area contributed by atoms with Crippen LogP contribution in [0, 0.1) is 11.8 Å². The minimum absolute atomic E-state index is 0.0809. The lowest BCUT2D eigenvalue weighted by atomic mass is 9.97. The molecule has 3 atom stereocenters. The maximum Gasteiger partial charge on any atom is 0.245 e. The van der Waals surface area contributed by atoms with E-state index in [1.807, 2.05) is 20.8 Å². The van der Waals surface area contributed by atoms with Crippen molar-refractivity contribution in [2.45, 2.75) is 65.0 Å². The van der Waals surface area contributed by atoms with E-state index < -0.39 is 12.0 Å². The first-order valence-corrected chi connectivity index (χ1v) is 9.48. The standard InChI is InChI=1S/C18H33N3O5/c1-4-5-7-14(10-20(26)12-23)17(24)19-16(13(2)3)18(25)21-9-6-8-15(21)11-22/h12-16,22,26H,4-11H2,1-3H3,(H,19,24)/t14-,15+,16+/m1/s1. The van der Waals surface area contributed by atoms with E-state index in [4.69, 9.17) is 0 Å². The highest BCUT2D eigenvalue weighted by atomic mass is 16.5. The number of rotatable bonds is 11. The Morgan fingerprint density at radius 1 is 1.38 bits per heavy atom. The highest BCUT2D eigenvalue weighted by Crippen LogP contribution is 2.20. The Labute approximate surface area is 155 Å². The van der Waals surface area contributed by atoms with Gasteiger partial charge in [-0.25, -0.2) is 5.06 Å². The summed E-state index contributed by atoms with van der Waals surface area (Å²) < 4.78 is 0.